The highest BCUT2D eigenvalue weighted by Gasteiger charge is 2.70. The quantitative estimate of drug-likeness (QED) is 0.238. The normalized spacial score (nSPS) is 46.2. The number of aliphatic hydroxyl groups excluding tert-OH is 2. The highest BCUT2D eigenvalue weighted by molar-refractivity contribution is 9.28. The standard InChI is InChI=1S/C29H42Br2O6/c1-15-18-9-12-28(4)25(27(18,3)11-10-20(15)33)21(34)13-19-24(17(26(35)36)7-6-8-23(30)31)22(37-16(2)32)14-29(19,28)5/h8,15,18-22,25,33-34H,6-7,9-14H2,1-5H3,(H,35,36)/t15-,18-,19-,20+,21+,22-,25-,27-,28-,29-/m0/s1. The summed E-state index contributed by atoms with van der Waals surface area (Å²) in [5.74, 6) is -1.01. The smallest absolute Gasteiger partial charge is 0.331 e. The Hall–Kier alpha value is -0.700. The third-order valence-electron chi connectivity index (χ3n) is 11.3. The minimum absolute atomic E-state index is 0.0350. The Bertz CT molecular complexity index is 1000. The van der Waals surface area contributed by atoms with Gasteiger partial charge in [-0.2, -0.15) is 0 Å². The van der Waals surface area contributed by atoms with Gasteiger partial charge in [-0.15, -0.1) is 0 Å². The first-order valence-corrected chi connectivity index (χ1v) is 15.3. The summed E-state index contributed by atoms with van der Waals surface area (Å²) in [7, 11) is 0. The second-order valence-corrected chi connectivity index (χ2v) is 15.6. The van der Waals surface area contributed by atoms with Crippen molar-refractivity contribution in [3.63, 3.8) is 0 Å². The number of rotatable bonds is 5. The number of carboxylic acid groups (broad SMARTS) is 1. The molecule has 0 heterocycles. The summed E-state index contributed by atoms with van der Waals surface area (Å²) in [4.78, 5) is 24.8. The van der Waals surface area contributed by atoms with E-state index in [-0.39, 0.29) is 40.1 Å². The van der Waals surface area contributed by atoms with Crippen molar-refractivity contribution < 1.29 is 29.6 Å². The van der Waals surface area contributed by atoms with E-state index in [1.165, 1.54) is 6.92 Å². The van der Waals surface area contributed by atoms with E-state index in [0.29, 0.717) is 42.7 Å². The molecule has 37 heavy (non-hydrogen) atoms. The maximum absolute atomic E-state index is 12.6. The van der Waals surface area contributed by atoms with E-state index in [2.05, 4.69) is 59.6 Å². The van der Waals surface area contributed by atoms with E-state index < -0.39 is 24.1 Å². The monoisotopic (exact) mass is 644 g/mol. The first-order valence-electron chi connectivity index (χ1n) is 13.7. The van der Waals surface area contributed by atoms with Crippen LogP contribution in [0.5, 0.6) is 0 Å². The molecular weight excluding hydrogens is 604 g/mol. The van der Waals surface area contributed by atoms with Gasteiger partial charge in [0.1, 0.15) is 6.10 Å². The van der Waals surface area contributed by atoms with Crippen LogP contribution in [0.3, 0.4) is 0 Å². The van der Waals surface area contributed by atoms with Gasteiger partial charge in [0.25, 0.3) is 0 Å². The molecule has 0 spiro atoms. The molecule has 6 nitrogen and oxygen atoms in total. The number of carbonyl (C=O) groups excluding carboxylic acids is 1. The molecule has 4 saturated carbocycles. The molecule has 4 aliphatic rings. The third kappa shape index (κ3) is 4.70. The number of carboxylic acids is 1. The molecule has 208 valence electrons. The topological polar surface area (TPSA) is 104 Å². The maximum Gasteiger partial charge on any atom is 0.331 e. The molecule has 0 aromatic rings. The van der Waals surface area contributed by atoms with E-state index in [4.69, 9.17) is 4.74 Å². The van der Waals surface area contributed by atoms with E-state index in [1.807, 2.05) is 6.08 Å². The lowest BCUT2D eigenvalue weighted by Crippen LogP contribution is -2.65. The summed E-state index contributed by atoms with van der Waals surface area (Å²) in [6.45, 7) is 10.4. The SMILES string of the molecule is CC(=O)O[C@H]1C[C@@]2(C)[C@@H](C[C@@H](O)[C@H]3[C@@]4(C)CC[C@@H](O)[C@@H](C)[C@@H]4CC[C@@]32C)C1=C(CCC=C(Br)Br)C(=O)O. The van der Waals surface area contributed by atoms with Crippen LogP contribution in [-0.2, 0) is 14.3 Å². The Morgan fingerprint density at radius 3 is 2.35 bits per heavy atom. The van der Waals surface area contributed by atoms with Gasteiger partial charge in [-0.1, -0.05) is 33.8 Å². The number of hydrogen-bond donors (Lipinski definition) is 3. The summed E-state index contributed by atoms with van der Waals surface area (Å²) in [6.07, 6.45) is 5.78. The van der Waals surface area contributed by atoms with Crippen molar-refractivity contribution in [2.75, 3.05) is 0 Å². The van der Waals surface area contributed by atoms with Crippen molar-refractivity contribution >= 4 is 43.8 Å². The van der Waals surface area contributed by atoms with Crippen molar-refractivity contribution in [3.8, 4) is 0 Å². The second-order valence-electron chi connectivity index (χ2n) is 12.9. The first-order chi connectivity index (χ1) is 17.2. The number of esters is 1. The van der Waals surface area contributed by atoms with Crippen molar-refractivity contribution in [3.05, 3.63) is 20.6 Å². The van der Waals surface area contributed by atoms with Crippen molar-refractivity contribution in [1.29, 1.82) is 0 Å². The van der Waals surface area contributed by atoms with Crippen LogP contribution in [0.25, 0.3) is 0 Å². The molecule has 0 aromatic heterocycles. The van der Waals surface area contributed by atoms with Crippen molar-refractivity contribution in [1.82, 2.24) is 0 Å². The minimum atomic E-state index is -0.983. The van der Waals surface area contributed by atoms with Crippen LogP contribution >= 0.6 is 31.9 Å². The van der Waals surface area contributed by atoms with Gasteiger partial charge in [0.2, 0.25) is 0 Å². The first kappa shape index (κ1) is 29.3. The van der Waals surface area contributed by atoms with Gasteiger partial charge >= 0.3 is 11.9 Å². The Morgan fingerprint density at radius 1 is 1.08 bits per heavy atom. The second kappa shape index (κ2) is 10.4. The molecule has 0 aliphatic heterocycles. The summed E-state index contributed by atoms with van der Waals surface area (Å²) in [6, 6.07) is 0. The van der Waals surface area contributed by atoms with E-state index in [0.717, 1.165) is 29.1 Å². The van der Waals surface area contributed by atoms with Crippen LogP contribution in [0.2, 0.25) is 0 Å². The van der Waals surface area contributed by atoms with Gasteiger partial charge in [0.15, 0.2) is 0 Å². The number of fused-ring (bicyclic) bond motifs is 5. The highest BCUT2D eigenvalue weighted by Crippen LogP contribution is 2.74. The zero-order valence-corrected chi connectivity index (χ0v) is 25.8. The molecular formula is C29H42Br2O6. The number of aliphatic carboxylic acids is 1. The van der Waals surface area contributed by atoms with Gasteiger partial charge < -0.3 is 20.1 Å². The Balaban J connectivity index is 1.82. The molecule has 0 saturated heterocycles. The van der Waals surface area contributed by atoms with Crippen LogP contribution in [0.15, 0.2) is 20.6 Å². The predicted octanol–water partition coefficient (Wildman–Crippen LogP) is 6.33. The summed E-state index contributed by atoms with van der Waals surface area (Å²) < 4.78 is 6.62. The van der Waals surface area contributed by atoms with Crippen LogP contribution in [0.4, 0.5) is 0 Å². The predicted molar refractivity (Wildman–Crippen MR) is 149 cm³/mol. The Kier molecular flexibility index (Phi) is 8.20. The maximum atomic E-state index is 12.6. The lowest BCUT2D eigenvalue weighted by Gasteiger charge is -2.69. The lowest BCUT2D eigenvalue weighted by atomic mass is 9.36. The van der Waals surface area contributed by atoms with Crippen molar-refractivity contribution in [2.45, 2.75) is 104 Å². The molecule has 0 amide bonds. The zero-order valence-electron chi connectivity index (χ0n) is 22.6. The van der Waals surface area contributed by atoms with E-state index in [9.17, 15) is 24.9 Å². The third-order valence-corrected chi connectivity index (χ3v) is 12.0. The molecule has 4 fully saturated rings. The average Bonchev–Trinajstić information content (AvgIpc) is 3.05. The molecule has 0 radical (unpaired) electrons. The van der Waals surface area contributed by atoms with Gasteiger partial charge in [-0.25, -0.2) is 4.79 Å². The van der Waals surface area contributed by atoms with E-state index >= 15 is 0 Å². The molecule has 0 bridgehead atoms. The fraction of sp³-hybridized carbons (Fsp3) is 0.793. The number of aliphatic hydroxyl groups is 2. The minimum Gasteiger partial charge on any atom is -0.478 e. The molecule has 8 heteroatoms. The Labute approximate surface area is 237 Å². The average molecular weight is 646 g/mol. The Morgan fingerprint density at radius 2 is 1.76 bits per heavy atom. The number of carbonyl (C=O) groups is 2. The van der Waals surface area contributed by atoms with Crippen molar-refractivity contribution in [2.24, 2.45) is 39.9 Å². The summed E-state index contributed by atoms with van der Waals surface area (Å²) in [5, 5.41) is 32.8. The molecule has 4 aliphatic carbocycles. The molecule has 4 rings (SSSR count). The molecule has 3 N–H and O–H groups in total. The number of allylic oxidation sites excluding steroid dienone is 1. The number of hydrogen-bond acceptors (Lipinski definition) is 5. The van der Waals surface area contributed by atoms with Crippen LogP contribution in [0, 0.1) is 39.9 Å². The fourth-order valence-electron chi connectivity index (χ4n) is 9.61. The number of halogens is 2. The van der Waals surface area contributed by atoms with Gasteiger partial charge in [-0.05, 0) is 129 Å². The summed E-state index contributed by atoms with van der Waals surface area (Å²) in [5.41, 5.74) is 0.311. The van der Waals surface area contributed by atoms with Crippen LogP contribution in [-0.4, -0.2) is 45.6 Å². The fourth-order valence-corrected chi connectivity index (χ4v) is 10.1. The molecule has 0 aromatic carbocycles. The van der Waals surface area contributed by atoms with Gasteiger partial charge in [0, 0.05) is 12.5 Å². The van der Waals surface area contributed by atoms with Gasteiger partial charge in [0.05, 0.1) is 15.6 Å². The molecule has 0 unspecified atom stereocenters. The van der Waals surface area contributed by atoms with Crippen LogP contribution in [0.1, 0.15) is 86.0 Å². The highest BCUT2D eigenvalue weighted by atomic mass is 79.9. The largest absolute Gasteiger partial charge is 0.478 e. The van der Waals surface area contributed by atoms with Gasteiger partial charge in [-0.3, -0.25) is 4.79 Å². The molecule has 10 atom stereocenters. The zero-order chi connectivity index (χ0) is 27.5. The number of ether oxygens (including phenoxy) is 1. The van der Waals surface area contributed by atoms with Crippen LogP contribution < -0.4 is 0 Å². The van der Waals surface area contributed by atoms with E-state index in [1.54, 1.807) is 0 Å². The lowest BCUT2D eigenvalue weighted by molar-refractivity contribution is -0.234. The summed E-state index contributed by atoms with van der Waals surface area (Å²) >= 11 is 6.69.